The fourth-order valence-electron chi connectivity index (χ4n) is 2.86. The van der Waals surface area contributed by atoms with Crippen LogP contribution in [0.15, 0.2) is 42.6 Å². The van der Waals surface area contributed by atoms with Crippen molar-refractivity contribution in [1.82, 2.24) is 10.3 Å². The normalized spacial score (nSPS) is 17.1. The van der Waals surface area contributed by atoms with Gasteiger partial charge in [-0.2, -0.15) is 0 Å². The molecule has 1 heterocycles. The Bertz CT molecular complexity index is 824. The minimum atomic E-state index is -0.154. The highest BCUT2D eigenvalue weighted by Gasteiger charge is 2.29. The van der Waals surface area contributed by atoms with E-state index in [0.29, 0.717) is 11.6 Å². The lowest BCUT2D eigenvalue weighted by molar-refractivity contribution is -0.117. The van der Waals surface area contributed by atoms with Crippen molar-refractivity contribution < 1.29 is 9.59 Å². The third kappa shape index (κ3) is 4.64. The van der Waals surface area contributed by atoms with Gasteiger partial charge in [0.15, 0.2) is 0 Å². The van der Waals surface area contributed by atoms with E-state index in [1.165, 1.54) is 12.8 Å². The summed E-state index contributed by atoms with van der Waals surface area (Å²) in [4.78, 5) is 28.6. The molecule has 4 rings (SSSR count). The van der Waals surface area contributed by atoms with Crippen molar-refractivity contribution >= 4 is 23.3 Å². The predicted octanol–water partition coefficient (Wildman–Crippen LogP) is 3.50. The summed E-state index contributed by atoms with van der Waals surface area (Å²) in [6.07, 6.45) is 5.94. The summed E-state index contributed by atoms with van der Waals surface area (Å²) in [6.45, 7) is 1.94. The number of carbonyl (C=O) groups excluding carboxylic acids is 2. The van der Waals surface area contributed by atoms with E-state index < -0.39 is 0 Å². The number of rotatable bonds is 7. The van der Waals surface area contributed by atoms with E-state index in [9.17, 15) is 9.59 Å². The summed E-state index contributed by atoms with van der Waals surface area (Å²) < 4.78 is 0. The first-order valence-electron chi connectivity index (χ1n) is 9.53. The molecule has 1 atom stereocenters. The molecule has 1 aromatic heterocycles. The van der Waals surface area contributed by atoms with Crippen LogP contribution < -0.4 is 16.0 Å². The van der Waals surface area contributed by atoms with Crippen LogP contribution in [0.2, 0.25) is 0 Å². The maximum absolute atomic E-state index is 12.4. The fraction of sp³-hybridized carbons (Fsp3) is 0.381. The third-order valence-corrected chi connectivity index (χ3v) is 4.93. The molecule has 0 saturated heterocycles. The number of nitrogens with one attached hydrogen (secondary N) is 3. The second-order valence-corrected chi connectivity index (χ2v) is 7.43. The van der Waals surface area contributed by atoms with Gasteiger partial charge in [-0.15, -0.1) is 0 Å². The van der Waals surface area contributed by atoms with Crippen LogP contribution in [0.4, 0.5) is 11.5 Å². The zero-order chi connectivity index (χ0) is 18.8. The van der Waals surface area contributed by atoms with Crippen molar-refractivity contribution in [3.05, 3.63) is 53.7 Å². The third-order valence-electron chi connectivity index (χ3n) is 4.93. The van der Waals surface area contributed by atoms with Gasteiger partial charge in [0.1, 0.15) is 5.82 Å². The fourth-order valence-corrected chi connectivity index (χ4v) is 2.86. The molecule has 27 heavy (non-hydrogen) atoms. The van der Waals surface area contributed by atoms with Gasteiger partial charge in [0.25, 0.3) is 5.91 Å². The Morgan fingerprint density at radius 1 is 1.04 bits per heavy atom. The Kier molecular flexibility index (Phi) is 4.79. The van der Waals surface area contributed by atoms with Crippen LogP contribution in [0.25, 0.3) is 0 Å². The summed E-state index contributed by atoms with van der Waals surface area (Å²) in [5.74, 6) is 0.934. The average molecular weight is 364 g/mol. The van der Waals surface area contributed by atoms with Crippen molar-refractivity contribution in [2.24, 2.45) is 5.92 Å². The molecule has 1 unspecified atom stereocenters. The number of hydrogen-bond donors (Lipinski definition) is 3. The minimum absolute atomic E-state index is 0.0937. The lowest BCUT2D eigenvalue weighted by Crippen LogP contribution is -2.26. The van der Waals surface area contributed by atoms with Gasteiger partial charge in [0.05, 0.1) is 11.6 Å². The maximum atomic E-state index is 12.4. The molecule has 2 amide bonds. The first-order valence-corrected chi connectivity index (χ1v) is 9.53. The molecule has 2 aliphatic carbocycles. The topological polar surface area (TPSA) is 83.1 Å². The van der Waals surface area contributed by atoms with Crippen LogP contribution in [0.5, 0.6) is 0 Å². The van der Waals surface area contributed by atoms with Crippen molar-refractivity contribution in [3.8, 4) is 0 Å². The Hall–Kier alpha value is -2.89. The second kappa shape index (κ2) is 7.39. The van der Waals surface area contributed by atoms with Crippen LogP contribution >= 0.6 is 0 Å². The molecule has 3 N–H and O–H groups in total. The summed E-state index contributed by atoms with van der Waals surface area (Å²) in [5, 5.41) is 9.21. The van der Waals surface area contributed by atoms with Crippen LogP contribution in [-0.2, 0) is 4.79 Å². The molecule has 1 aromatic carbocycles. The molecule has 6 heteroatoms. The quantitative estimate of drug-likeness (QED) is 0.702. The number of aromatic nitrogens is 1. The molecule has 0 radical (unpaired) electrons. The highest BCUT2D eigenvalue weighted by atomic mass is 16.2. The first kappa shape index (κ1) is 17.5. The van der Waals surface area contributed by atoms with Crippen molar-refractivity contribution in [2.45, 2.75) is 44.7 Å². The van der Waals surface area contributed by atoms with Crippen LogP contribution in [0.3, 0.4) is 0 Å². The Morgan fingerprint density at radius 2 is 1.78 bits per heavy atom. The number of anilines is 2. The van der Waals surface area contributed by atoms with E-state index in [2.05, 4.69) is 20.9 Å². The highest BCUT2D eigenvalue weighted by Crippen LogP contribution is 2.30. The van der Waals surface area contributed by atoms with Crippen LogP contribution in [0.1, 0.15) is 54.6 Å². The molecule has 0 aliphatic heterocycles. The molecule has 0 bridgehead atoms. The van der Waals surface area contributed by atoms with Gasteiger partial charge in [-0.1, -0.05) is 12.1 Å². The number of hydrogen-bond acceptors (Lipinski definition) is 4. The Labute approximate surface area is 158 Å². The predicted molar refractivity (Wildman–Crippen MR) is 105 cm³/mol. The van der Waals surface area contributed by atoms with Crippen molar-refractivity contribution in [3.63, 3.8) is 0 Å². The zero-order valence-electron chi connectivity index (χ0n) is 15.4. The summed E-state index contributed by atoms with van der Waals surface area (Å²) in [5.41, 5.74) is 2.31. The van der Waals surface area contributed by atoms with E-state index in [1.54, 1.807) is 12.3 Å². The number of nitrogens with zero attached hydrogens (tertiary/aromatic N) is 1. The molecule has 140 valence electrons. The largest absolute Gasteiger partial charge is 0.367 e. The van der Waals surface area contributed by atoms with Crippen LogP contribution in [-0.4, -0.2) is 22.8 Å². The standard InChI is InChI=1S/C21H24N4O2/c1-13(14-4-7-18(8-5-14)25-20(26)15-2-3-15)23-21(27)16-6-11-19(22-12-16)24-17-9-10-17/h4-8,11-13,15,17H,2-3,9-10H2,1H3,(H,22,24)(H,23,27)(H,25,26). The second-order valence-electron chi connectivity index (χ2n) is 7.43. The van der Waals surface area contributed by atoms with E-state index in [4.69, 9.17) is 0 Å². The molecule has 2 saturated carbocycles. The maximum Gasteiger partial charge on any atom is 0.253 e. The zero-order valence-corrected chi connectivity index (χ0v) is 15.4. The lowest BCUT2D eigenvalue weighted by Gasteiger charge is -2.15. The van der Waals surface area contributed by atoms with E-state index in [-0.39, 0.29) is 23.8 Å². The van der Waals surface area contributed by atoms with E-state index in [0.717, 1.165) is 29.9 Å². The van der Waals surface area contributed by atoms with Gasteiger partial charge < -0.3 is 16.0 Å². The number of amides is 2. The summed E-state index contributed by atoms with van der Waals surface area (Å²) >= 11 is 0. The molecule has 2 aliphatic rings. The lowest BCUT2D eigenvalue weighted by atomic mass is 10.1. The van der Waals surface area contributed by atoms with Gasteiger partial charge in [-0.05, 0) is 62.4 Å². The molecule has 2 aromatic rings. The number of pyridine rings is 1. The molecular formula is C21H24N4O2. The first-order chi connectivity index (χ1) is 13.1. The van der Waals surface area contributed by atoms with Crippen molar-refractivity contribution in [1.29, 1.82) is 0 Å². The smallest absolute Gasteiger partial charge is 0.253 e. The minimum Gasteiger partial charge on any atom is -0.367 e. The number of carbonyl (C=O) groups is 2. The highest BCUT2D eigenvalue weighted by molar-refractivity contribution is 5.95. The van der Waals surface area contributed by atoms with E-state index in [1.807, 2.05) is 37.3 Å². The van der Waals surface area contributed by atoms with Crippen molar-refractivity contribution in [2.75, 3.05) is 10.6 Å². The molecule has 6 nitrogen and oxygen atoms in total. The van der Waals surface area contributed by atoms with Gasteiger partial charge in [-0.3, -0.25) is 9.59 Å². The van der Waals surface area contributed by atoms with Gasteiger partial charge >= 0.3 is 0 Å². The molecule has 2 fully saturated rings. The summed E-state index contributed by atoms with van der Waals surface area (Å²) in [7, 11) is 0. The number of benzene rings is 1. The molecular weight excluding hydrogens is 340 g/mol. The summed E-state index contributed by atoms with van der Waals surface area (Å²) in [6, 6.07) is 11.6. The van der Waals surface area contributed by atoms with Gasteiger partial charge in [0.2, 0.25) is 5.91 Å². The van der Waals surface area contributed by atoms with Crippen LogP contribution in [0, 0.1) is 5.92 Å². The SMILES string of the molecule is CC(NC(=O)c1ccc(NC2CC2)nc1)c1ccc(NC(=O)C2CC2)cc1. The monoisotopic (exact) mass is 364 g/mol. The molecule has 0 spiro atoms. The van der Waals surface area contributed by atoms with E-state index >= 15 is 0 Å². The van der Waals surface area contributed by atoms with Gasteiger partial charge in [-0.25, -0.2) is 4.98 Å². The Balaban J connectivity index is 1.32. The average Bonchev–Trinajstić information content (AvgIpc) is 3.56. The Morgan fingerprint density at radius 3 is 2.37 bits per heavy atom. The van der Waals surface area contributed by atoms with Gasteiger partial charge in [0, 0.05) is 23.8 Å².